The van der Waals surface area contributed by atoms with Crippen LogP contribution in [0.25, 0.3) is 0 Å². The second-order valence-electron chi connectivity index (χ2n) is 5.12. The van der Waals surface area contributed by atoms with E-state index in [9.17, 15) is 4.79 Å². The highest BCUT2D eigenvalue weighted by Crippen LogP contribution is 2.32. The summed E-state index contributed by atoms with van der Waals surface area (Å²) in [4.78, 5) is 12.0. The standard InChI is InChI=1S/C17H15Cl2NO4/c18-11-2-4-13(19)15(8-11)24-10-17(21)20-12-3-5-14-16(9-12)23-7-1-6-22-14/h2-5,8-9H,1,6-7,10H2,(H,20,21). The van der Waals surface area contributed by atoms with Crippen LogP contribution in [0.2, 0.25) is 10.0 Å². The Morgan fingerprint density at radius 2 is 1.88 bits per heavy atom. The lowest BCUT2D eigenvalue weighted by Crippen LogP contribution is -2.20. The van der Waals surface area contributed by atoms with Crippen LogP contribution in [0, 0.1) is 0 Å². The first kappa shape index (κ1) is 16.7. The van der Waals surface area contributed by atoms with E-state index in [4.69, 9.17) is 37.4 Å². The lowest BCUT2D eigenvalue weighted by atomic mass is 10.2. The number of amides is 1. The van der Waals surface area contributed by atoms with E-state index in [0.717, 1.165) is 6.42 Å². The predicted molar refractivity (Wildman–Crippen MR) is 92.6 cm³/mol. The maximum atomic E-state index is 12.0. The van der Waals surface area contributed by atoms with Gasteiger partial charge in [-0.25, -0.2) is 0 Å². The van der Waals surface area contributed by atoms with E-state index < -0.39 is 0 Å². The lowest BCUT2D eigenvalue weighted by molar-refractivity contribution is -0.118. The quantitative estimate of drug-likeness (QED) is 0.880. The summed E-state index contributed by atoms with van der Waals surface area (Å²) in [7, 11) is 0. The smallest absolute Gasteiger partial charge is 0.262 e. The van der Waals surface area contributed by atoms with Crippen molar-refractivity contribution in [1.82, 2.24) is 0 Å². The molecule has 1 heterocycles. The molecule has 1 amide bonds. The Bertz CT molecular complexity index is 751. The highest BCUT2D eigenvalue weighted by molar-refractivity contribution is 6.34. The first-order chi connectivity index (χ1) is 11.6. The monoisotopic (exact) mass is 367 g/mol. The van der Waals surface area contributed by atoms with Gasteiger partial charge in [0.1, 0.15) is 5.75 Å². The van der Waals surface area contributed by atoms with Gasteiger partial charge in [-0.3, -0.25) is 4.79 Å². The van der Waals surface area contributed by atoms with Crippen LogP contribution in [0.5, 0.6) is 17.2 Å². The zero-order valence-corrected chi connectivity index (χ0v) is 14.2. The third-order valence-electron chi connectivity index (χ3n) is 3.28. The van der Waals surface area contributed by atoms with Crippen LogP contribution in [0.3, 0.4) is 0 Å². The van der Waals surface area contributed by atoms with Crippen molar-refractivity contribution in [2.75, 3.05) is 25.1 Å². The van der Waals surface area contributed by atoms with E-state index in [2.05, 4.69) is 5.32 Å². The number of ether oxygens (including phenoxy) is 3. The molecule has 0 saturated carbocycles. The van der Waals surface area contributed by atoms with Crippen LogP contribution in [-0.4, -0.2) is 25.7 Å². The fourth-order valence-corrected chi connectivity index (χ4v) is 2.50. The van der Waals surface area contributed by atoms with Crippen LogP contribution in [0.1, 0.15) is 6.42 Å². The highest BCUT2D eigenvalue weighted by Gasteiger charge is 2.12. The second kappa shape index (κ2) is 7.64. The molecule has 1 aliphatic heterocycles. The van der Waals surface area contributed by atoms with Crippen LogP contribution in [0.4, 0.5) is 5.69 Å². The molecule has 2 aromatic rings. The number of hydrogen-bond acceptors (Lipinski definition) is 4. The Hall–Kier alpha value is -2.11. The molecule has 1 aliphatic rings. The van der Waals surface area contributed by atoms with Crippen LogP contribution >= 0.6 is 23.2 Å². The van der Waals surface area contributed by atoms with Crippen molar-refractivity contribution in [3.63, 3.8) is 0 Å². The molecule has 0 bridgehead atoms. The van der Waals surface area contributed by atoms with E-state index >= 15 is 0 Å². The molecule has 3 rings (SSSR count). The van der Waals surface area contributed by atoms with Gasteiger partial charge in [-0.05, 0) is 24.3 Å². The Morgan fingerprint density at radius 3 is 2.71 bits per heavy atom. The zero-order valence-electron chi connectivity index (χ0n) is 12.7. The molecule has 7 heteroatoms. The van der Waals surface area contributed by atoms with Gasteiger partial charge in [0.05, 0.1) is 18.2 Å². The average molecular weight is 368 g/mol. The number of nitrogens with one attached hydrogen (secondary N) is 1. The van der Waals surface area contributed by atoms with E-state index in [0.29, 0.717) is 46.2 Å². The first-order valence-corrected chi connectivity index (χ1v) is 8.15. The SMILES string of the molecule is O=C(COc1cc(Cl)ccc1Cl)Nc1ccc2c(c1)OCCCO2. The molecule has 0 aromatic heterocycles. The van der Waals surface area contributed by atoms with Crippen molar-refractivity contribution in [2.24, 2.45) is 0 Å². The Balaban J connectivity index is 1.60. The van der Waals surface area contributed by atoms with Gasteiger partial charge < -0.3 is 19.5 Å². The predicted octanol–water partition coefficient (Wildman–Crippen LogP) is 4.17. The molecule has 5 nitrogen and oxygen atoms in total. The number of fused-ring (bicyclic) bond motifs is 1. The van der Waals surface area contributed by atoms with Gasteiger partial charge in [-0.1, -0.05) is 23.2 Å². The van der Waals surface area contributed by atoms with Gasteiger partial charge in [0.15, 0.2) is 18.1 Å². The van der Waals surface area contributed by atoms with Crippen molar-refractivity contribution < 1.29 is 19.0 Å². The molecule has 0 unspecified atom stereocenters. The molecular weight excluding hydrogens is 353 g/mol. The number of halogens is 2. The topological polar surface area (TPSA) is 56.8 Å². The van der Waals surface area contributed by atoms with Gasteiger partial charge in [-0.2, -0.15) is 0 Å². The van der Waals surface area contributed by atoms with Crippen molar-refractivity contribution in [1.29, 1.82) is 0 Å². The van der Waals surface area contributed by atoms with Gasteiger partial charge in [-0.15, -0.1) is 0 Å². The molecule has 2 aromatic carbocycles. The normalized spacial score (nSPS) is 13.1. The average Bonchev–Trinajstić information content (AvgIpc) is 2.80. The maximum absolute atomic E-state index is 12.0. The van der Waals surface area contributed by atoms with Crippen molar-refractivity contribution in [3.05, 3.63) is 46.4 Å². The van der Waals surface area contributed by atoms with Gasteiger partial charge in [0.2, 0.25) is 0 Å². The van der Waals surface area contributed by atoms with E-state index in [-0.39, 0.29) is 12.5 Å². The molecule has 126 valence electrons. The Kier molecular flexibility index (Phi) is 5.33. The summed E-state index contributed by atoms with van der Waals surface area (Å²) in [5, 5.41) is 3.62. The summed E-state index contributed by atoms with van der Waals surface area (Å²) >= 11 is 11.9. The molecule has 0 saturated heterocycles. The number of hydrogen-bond donors (Lipinski definition) is 1. The first-order valence-electron chi connectivity index (χ1n) is 7.39. The van der Waals surface area contributed by atoms with Crippen molar-refractivity contribution in [2.45, 2.75) is 6.42 Å². The summed E-state index contributed by atoms with van der Waals surface area (Å²) < 4.78 is 16.5. The summed E-state index contributed by atoms with van der Waals surface area (Å²) in [6, 6.07) is 10.1. The molecule has 0 atom stereocenters. The van der Waals surface area contributed by atoms with Crippen molar-refractivity contribution in [3.8, 4) is 17.2 Å². The number of carbonyl (C=O) groups is 1. The van der Waals surface area contributed by atoms with Crippen molar-refractivity contribution >= 4 is 34.8 Å². The molecule has 0 fully saturated rings. The Morgan fingerprint density at radius 1 is 1.08 bits per heavy atom. The summed E-state index contributed by atoms with van der Waals surface area (Å²) in [6.45, 7) is 1.02. The summed E-state index contributed by atoms with van der Waals surface area (Å²) in [6.07, 6.45) is 0.824. The fraction of sp³-hybridized carbons (Fsp3) is 0.235. The molecule has 0 spiro atoms. The van der Waals surface area contributed by atoms with E-state index in [1.807, 2.05) is 0 Å². The number of carbonyl (C=O) groups excluding carboxylic acids is 1. The minimum absolute atomic E-state index is 0.186. The van der Waals surface area contributed by atoms with Gasteiger partial charge in [0.25, 0.3) is 5.91 Å². The molecule has 1 N–H and O–H groups in total. The van der Waals surface area contributed by atoms with Crippen LogP contribution in [0.15, 0.2) is 36.4 Å². The fourth-order valence-electron chi connectivity index (χ4n) is 2.17. The second-order valence-corrected chi connectivity index (χ2v) is 5.97. The molecule has 0 radical (unpaired) electrons. The third kappa shape index (κ3) is 4.24. The van der Waals surface area contributed by atoms with Crippen LogP contribution in [-0.2, 0) is 4.79 Å². The minimum atomic E-state index is -0.319. The van der Waals surface area contributed by atoms with Gasteiger partial charge in [0, 0.05) is 29.3 Å². The number of benzene rings is 2. The largest absolute Gasteiger partial charge is 0.490 e. The third-order valence-corrected chi connectivity index (χ3v) is 3.83. The Labute approximate surface area is 149 Å². The molecule has 24 heavy (non-hydrogen) atoms. The summed E-state index contributed by atoms with van der Waals surface area (Å²) in [5.41, 5.74) is 0.602. The highest BCUT2D eigenvalue weighted by atomic mass is 35.5. The number of rotatable bonds is 4. The molecular formula is C17H15Cl2NO4. The van der Waals surface area contributed by atoms with Gasteiger partial charge >= 0.3 is 0 Å². The maximum Gasteiger partial charge on any atom is 0.262 e. The lowest BCUT2D eigenvalue weighted by Gasteiger charge is -2.11. The van der Waals surface area contributed by atoms with E-state index in [1.54, 1.807) is 36.4 Å². The minimum Gasteiger partial charge on any atom is -0.490 e. The number of anilines is 1. The molecule has 0 aliphatic carbocycles. The summed E-state index contributed by atoms with van der Waals surface area (Å²) in [5.74, 6) is 1.33. The van der Waals surface area contributed by atoms with Crippen LogP contribution < -0.4 is 19.5 Å². The zero-order chi connectivity index (χ0) is 16.9. The van der Waals surface area contributed by atoms with E-state index in [1.165, 1.54) is 0 Å².